The predicted molar refractivity (Wildman–Crippen MR) is 87.1 cm³/mol. The third-order valence-electron chi connectivity index (χ3n) is 4.71. The lowest BCUT2D eigenvalue weighted by Crippen LogP contribution is -2.27. The molecule has 0 aliphatic carbocycles. The van der Waals surface area contributed by atoms with E-state index in [1.54, 1.807) is 0 Å². The van der Waals surface area contributed by atoms with Crippen molar-refractivity contribution in [1.82, 2.24) is 10.2 Å². The molecular formula is C18H30N2. The monoisotopic (exact) mass is 274 g/mol. The van der Waals surface area contributed by atoms with Gasteiger partial charge in [0.15, 0.2) is 0 Å². The maximum Gasteiger partial charge on any atom is 0.0332 e. The van der Waals surface area contributed by atoms with Crippen LogP contribution in [0.25, 0.3) is 0 Å². The zero-order chi connectivity index (χ0) is 14.4. The molecule has 0 amide bonds. The van der Waals surface area contributed by atoms with Gasteiger partial charge in [0.2, 0.25) is 0 Å². The Morgan fingerprint density at radius 2 is 2.15 bits per heavy atom. The standard InChI is InChI=1S/C18H30N2/c1-4-7-16-10-12-20(14-16)13-11-18(19-3)17-9-6-5-8-15(17)2/h5-6,8-9,16,18-19H,4,7,10-14H2,1-3H3. The number of nitrogens with zero attached hydrogens (tertiary/aromatic N) is 1. The van der Waals surface area contributed by atoms with Crippen molar-refractivity contribution in [3.05, 3.63) is 35.4 Å². The van der Waals surface area contributed by atoms with E-state index in [2.05, 4.69) is 55.4 Å². The fourth-order valence-corrected chi connectivity index (χ4v) is 3.50. The molecule has 2 nitrogen and oxygen atoms in total. The van der Waals surface area contributed by atoms with Crippen LogP contribution in [0.4, 0.5) is 0 Å². The third-order valence-corrected chi connectivity index (χ3v) is 4.71. The second kappa shape index (κ2) is 7.80. The minimum atomic E-state index is 0.487. The van der Waals surface area contributed by atoms with Gasteiger partial charge in [-0.05, 0) is 63.4 Å². The van der Waals surface area contributed by atoms with E-state index in [1.165, 1.54) is 56.4 Å². The van der Waals surface area contributed by atoms with Crippen LogP contribution in [0.1, 0.15) is 49.8 Å². The molecule has 1 saturated heterocycles. The molecule has 1 aromatic rings. The van der Waals surface area contributed by atoms with Gasteiger partial charge in [0.25, 0.3) is 0 Å². The van der Waals surface area contributed by atoms with Gasteiger partial charge in [0, 0.05) is 12.6 Å². The summed E-state index contributed by atoms with van der Waals surface area (Å²) in [4.78, 5) is 2.66. The second-order valence-corrected chi connectivity index (χ2v) is 6.23. The zero-order valence-electron chi connectivity index (χ0n) is 13.4. The van der Waals surface area contributed by atoms with Crippen LogP contribution >= 0.6 is 0 Å². The van der Waals surface area contributed by atoms with Crippen molar-refractivity contribution in [3.8, 4) is 0 Å². The molecular weight excluding hydrogens is 244 g/mol. The van der Waals surface area contributed by atoms with E-state index < -0.39 is 0 Å². The average molecular weight is 274 g/mol. The van der Waals surface area contributed by atoms with Crippen molar-refractivity contribution in [1.29, 1.82) is 0 Å². The van der Waals surface area contributed by atoms with Crippen molar-refractivity contribution in [2.45, 2.75) is 45.6 Å². The van der Waals surface area contributed by atoms with E-state index in [0.29, 0.717) is 6.04 Å². The van der Waals surface area contributed by atoms with Crippen LogP contribution in [0, 0.1) is 12.8 Å². The lowest BCUT2D eigenvalue weighted by atomic mass is 9.99. The molecule has 0 spiro atoms. The maximum atomic E-state index is 3.49. The van der Waals surface area contributed by atoms with Gasteiger partial charge in [-0.15, -0.1) is 0 Å². The van der Waals surface area contributed by atoms with Crippen molar-refractivity contribution < 1.29 is 0 Å². The van der Waals surface area contributed by atoms with Gasteiger partial charge in [-0.2, -0.15) is 0 Å². The summed E-state index contributed by atoms with van der Waals surface area (Å²) in [5.74, 6) is 0.950. The molecule has 0 aromatic heterocycles. The third kappa shape index (κ3) is 4.07. The molecule has 112 valence electrons. The summed E-state index contributed by atoms with van der Waals surface area (Å²) < 4.78 is 0. The van der Waals surface area contributed by atoms with E-state index >= 15 is 0 Å². The Kier molecular flexibility index (Phi) is 6.06. The number of aryl methyl sites for hydroxylation is 1. The van der Waals surface area contributed by atoms with Gasteiger partial charge >= 0.3 is 0 Å². The molecule has 2 rings (SSSR count). The lowest BCUT2D eigenvalue weighted by molar-refractivity contribution is 0.299. The zero-order valence-corrected chi connectivity index (χ0v) is 13.4. The Balaban J connectivity index is 1.85. The van der Waals surface area contributed by atoms with Crippen molar-refractivity contribution in [2.75, 3.05) is 26.7 Å². The van der Waals surface area contributed by atoms with E-state index in [0.717, 1.165) is 5.92 Å². The smallest absolute Gasteiger partial charge is 0.0332 e. The van der Waals surface area contributed by atoms with Crippen LogP contribution in [0.3, 0.4) is 0 Å². The van der Waals surface area contributed by atoms with Crippen LogP contribution in [-0.2, 0) is 0 Å². The highest BCUT2D eigenvalue weighted by atomic mass is 15.1. The summed E-state index contributed by atoms with van der Waals surface area (Å²) in [5, 5.41) is 3.49. The van der Waals surface area contributed by atoms with Crippen molar-refractivity contribution >= 4 is 0 Å². The number of benzene rings is 1. The molecule has 1 heterocycles. The molecule has 0 bridgehead atoms. The number of rotatable bonds is 7. The lowest BCUT2D eigenvalue weighted by Gasteiger charge is -2.22. The van der Waals surface area contributed by atoms with Crippen LogP contribution in [0.2, 0.25) is 0 Å². The van der Waals surface area contributed by atoms with Crippen molar-refractivity contribution in [3.63, 3.8) is 0 Å². The molecule has 1 aromatic carbocycles. The summed E-state index contributed by atoms with van der Waals surface area (Å²) in [5.41, 5.74) is 2.86. The molecule has 2 unspecified atom stereocenters. The highest BCUT2D eigenvalue weighted by Gasteiger charge is 2.22. The summed E-state index contributed by atoms with van der Waals surface area (Å²) in [6.45, 7) is 8.36. The van der Waals surface area contributed by atoms with Gasteiger partial charge in [0.05, 0.1) is 0 Å². The van der Waals surface area contributed by atoms with Crippen LogP contribution < -0.4 is 5.32 Å². The first kappa shape index (κ1) is 15.5. The Labute approximate surface area is 124 Å². The molecule has 2 heteroatoms. The Bertz CT molecular complexity index is 402. The quantitative estimate of drug-likeness (QED) is 0.814. The average Bonchev–Trinajstić information content (AvgIpc) is 2.89. The van der Waals surface area contributed by atoms with Crippen molar-refractivity contribution in [2.24, 2.45) is 5.92 Å². The summed E-state index contributed by atoms with van der Waals surface area (Å²) >= 11 is 0. The second-order valence-electron chi connectivity index (χ2n) is 6.23. The topological polar surface area (TPSA) is 15.3 Å². The molecule has 0 saturated carbocycles. The fourth-order valence-electron chi connectivity index (χ4n) is 3.50. The normalized spacial score (nSPS) is 21.2. The van der Waals surface area contributed by atoms with Gasteiger partial charge in [-0.1, -0.05) is 37.6 Å². The van der Waals surface area contributed by atoms with E-state index in [1.807, 2.05) is 0 Å². The number of hydrogen-bond donors (Lipinski definition) is 1. The highest BCUT2D eigenvalue weighted by molar-refractivity contribution is 5.28. The minimum Gasteiger partial charge on any atom is -0.313 e. The Morgan fingerprint density at radius 1 is 1.35 bits per heavy atom. The fraction of sp³-hybridized carbons (Fsp3) is 0.667. The van der Waals surface area contributed by atoms with E-state index in [-0.39, 0.29) is 0 Å². The first-order valence-electron chi connectivity index (χ1n) is 8.19. The number of hydrogen-bond acceptors (Lipinski definition) is 2. The highest BCUT2D eigenvalue weighted by Crippen LogP contribution is 2.24. The largest absolute Gasteiger partial charge is 0.313 e. The minimum absolute atomic E-state index is 0.487. The van der Waals surface area contributed by atoms with E-state index in [9.17, 15) is 0 Å². The van der Waals surface area contributed by atoms with Crippen LogP contribution in [0.15, 0.2) is 24.3 Å². The molecule has 20 heavy (non-hydrogen) atoms. The molecule has 1 aliphatic rings. The van der Waals surface area contributed by atoms with E-state index in [4.69, 9.17) is 0 Å². The van der Waals surface area contributed by atoms with Gasteiger partial charge < -0.3 is 10.2 Å². The molecule has 0 radical (unpaired) electrons. The van der Waals surface area contributed by atoms with Gasteiger partial charge in [0.1, 0.15) is 0 Å². The first-order valence-corrected chi connectivity index (χ1v) is 8.19. The predicted octanol–water partition coefficient (Wildman–Crippen LogP) is 3.77. The molecule has 2 atom stereocenters. The van der Waals surface area contributed by atoms with Crippen LogP contribution in [-0.4, -0.2) is 31.6 Å². The Morgan fingerprint density at radius 3 is 2.85 bits per heavy atom. The summed E-state index contributed by atoms with van der Waals surface area (Å²) in [7, 11) is 2.08. The SMILES string of the molecule is CCCC1CCN(CCC(NC)c2ccccc2C)C1. The number of likely N-dealkylation sites (tertiary alicyclic amines) is 1. The number of nitrogens with one attached hydrogen (secondary N) is 1. The summed E-state index contributed by atoms with van der Waals surface area (Å²) in [6.07, 6.45) is 5.35. The van der Waals surface area contributed by atoms with Gasteiger partial charge in [-0.25, -0.2) is 0 Å². The molecule has 1 fully saturated rings. The van der Waals surface area contributed by atoms with Crippen LogP contribution in [0.5, 0.6) is 0 Å². The first-order chi connectivity index (χ1) is 9.74. The van der Waals surface area contributed by atoms with Gasteiger partial charge in [-0.3, -0.25) is 0 Å². The Hall–Kier alpha value is -0.860. The molecule has 1 aliphatic heterocycles. The maximum absolute atomic E-state index is 3.49. The summed E-state index contributed by atoms with van der Waals surface area (Å²) in [6, 6.07) is 9.25. The molecule has 1 N–H and O–H groups in total.